The van der Waals surface area contributed by atoms with Crippen LogP contribution in [-0.4, -0.2) is 17.0 Å². The Morgan fingerprint density at radius 2 is 2.00 bits per heavy atom. The predicted octanol–water partition coefficient (Wildman–Crippen LogP) is 3.75. The second-order valence-corrected chi connectivity index (χ2v) is 5.11. The van der Waals surface area contributed by atoms with Crippen molar-refractivity contribution in [2.45, 2.75) is 33.6 Å². The maximum Gasteiger partial charge on any atom is 0.328 e. The number of carboxylic acids is 1. The summed E-state index contributed by atoms with van der Waals surface area (Å²) in [5, 5.41) is 8.93. The lowest BCUT2D eigenvalue weighted by atomic mass is 10.0. The quantitative estimate of drug-likeness (QED) is 0.672. The van der Waals surface area contributed by atoms with E-state index in [1.54, 1.807) is 19.1 Å². The lowest BCUT2D eigenvalue weighted by Gasteiger charge is -2.10. The fourth-order valence-electron chi connectivity index (χ4n) is 2.34. The second kappa shape index (κ2) is 6.47. The van der Waals surface area contributed by atoms with Gasteiger partial charge in [0.05, 0.1) is 0 Å². The standard InChI is InChI=1S/C17H18O5/c1-4-5-13-7-12-8-14(21-11(3)18)9-15(12)17(22-13)10(2)6-16(19)20/h6-9H,4-5H2,1-3H3,(H,19,20). The van der Waals surface area contributed by atoms with Crippen LogP contribution < -0.4 is 4.74 Å². The Hall–Kier alpha value is -2.56. The molecule has 0 atom stereocenters. The van der Waals surface area contributed by atoms with Gasteiger partial charge in [0.1, 0.15) is 17.3 Å². The van der Waals surface area contributed by atoms with Crippen LogP contribution in [0.2, 0.25) is 0 Å². The number of aliphatic carboxylic acids is 1. The normalized spacial score (nSPS) is 11.7. The van der Waals surface area contributed by atoms with Crippen molar-refractivity contribution in [3.63, 3.8) is 0 Å². The molecule has 116 valence electrons. The molecule has 1 N–H and O–H groups in total. The Morgan fingerprint density at radius 1 is 1.27 bits per heavy atom. The molecule has 0 fully saturated rings. The molecule has 1 aliphatic heterocycles. The monoisotopic (exact) mass is 302 g/mol. The van der Waals surface area contributed by atoms with Crippen LogP contribution in [0.1, 0.15) is 38.7 Å². The zero-order chi connectivity index (χ0) is 16.3. The SMILES string of the molecule is CCCc1cc2cc(OC(C)=O)cc-2c(C(C)=CC(=O)O)o1. The third-order valence-electron chi connectivity index (χ3n) is 3.15. The van der Waals surface area contributed by atoms with Crippen LogP contribution in [-0.2, 0) is 16.0 Å². The van der Waals surface area contributed by atoms with Gasteiger partial charge < -0.3 is 14.3 Å². The van der Waals surface area contributed by atoms with Crippen LogP contribution in [0.15, 0.2) is 28.7 Å². The van der Waals surface area contributed by atoms with Gasteiger partial charge in [0, 0.05) is 25.0 Å². The summed E-state index contributed by atoms with van der Waals surface area (Å²) < 4.78 is 10.9. The minimum absolute atomic E-state index is 0.402. The molecule has 22 heavy (non-hydrogen) atoms. The molecule has 0 radical (unpaired) electrons. The number of hydrogen-bond donors (Lipinski definition) is 1. The fraction of sp³-hybridized carbons (Fsp3) is 0.294. The van der Waals surface area contributed by atoms with Crippen molar-refractivity contribution < 1.29 is 23.8 Å². The van der Waals surface area contributed by atoms with Crippen molar-refractivity contribution in [1.82, 2.24) is 0 Å². The molecule has 5 heteroatoms. The molecular weight excluding hydrogens is 284 g/mol. The summed E-state index contributed by atoms with van der Waals surface area (Å²) >= 11 is 0. The van der Waals surface area contributed by atoms with E-state index < -0.39 is 11.9 Å². The van der Waals surface area contributed by atoms with Crippen molar-refractivity contribution in [2.75, 3.05) is 0 Å². The highest BCUT2D eigenvalue weighted by molar-refractivity contribution is 5.92. The molecule has 1 aliphatic carbocycles. The molecule has 0 spiro atoms. The first kappa shape index (κ1) is 15.8. The summed E-state index contributed by atoms with van der Waals surface area (Å²) in [7, 11) is 0. The number of fused-ring (bicyclic) bond motifs is 1. The van der Waals surface area contributed by atoms with Crippen LogP contribution in [0.5, 0.6) is 5.75 Å². The summed E-state index contributed by atoms with van der Waals surface area (Å²) in [4.78, 5) is 22.0. The van der Waals surface area contributed by atoms with Crippen LogP contribution >= 0.6 is 0 Å². The molecule has 0 unspecified atom stereocenters. The zero-order valence-corrected chi connectivity index (χ0v) is 12.8. The molecule has 5 nitrogen and oxygen atoms in total. The third-order valence-corrected chi connectivity index (χ3v) is 3.15. The molecule has 0 saturated heterocycles. The number of carbonyl (C=O) groups is 2. The molecule has 0 saturated carbocycles. The van der Waals surface area contributed by atoms with Gasteiger partial charge in [-0.05, 0) is 42.7 Å². The molecule has 0 bridgehead atoms. The van der Waals surface area contributed by atoms with Crippen molar-refractivity contribution in [1.29, 1.82) is 0 Å². The number of carboxylic acid groups (broad SMARTS) is 1. The number of rotatable bonds is 5. The Bertz CT molecular complexity index is 708. The van der Waals surface area contributed by atoms with Crippen LogP contribution in [0.25, 0.3) is 16.7 Å². The molecule has 0 aromatic carbocycles. The van der Waals surface area contributed by atoms with E-state index >= 15 is 0 Å². The van der Waals surface area contributed by atoms with E-state index in [-0.39, 0.29) is 0 Å². The van der Waals surface area contributed by atoms with Gasteiger partial charge in [-0.2, -0.15) is 0 Å². The van der Waals surface area contributed by atoms with E-state index in [1.165, 1.54) is 6.92 Å². The lowest BCUT2D eigenvalue weighted by Crippen LogP contribution is -1.99. The first-order valence-electron chi connectivity index (χ1n) is 7.07. The fourth-order valence-corrected chi connectivity index (χ4v) is 2.34. The molecule has 1 heterocycles. The number of hydrogen-bond acceptors (Lipinski definition) is 4. The van der Waals surface area contributed by atoms with Gasteiger partial charge in [-0.3, -0.25) is 4.79 Å². The van der Waals surface area contributed by atoms with Gasteiger partial charge >= 0.3 is 11.9 Å². The summed E-state index contributed by atoms with van der Waals surface area (Å²) in [5.41, 5.74) is 2.10. The minimum atomic E-state index is -1.03. The maximum atomic E-state index is 11.1. The van der Waals surface area contributed by atoms with Crippen molar-refractivity contribution in [3.05, 3.63) is 35.8 Å². The van der Waals surface area contributed by atoms with E-state index in [2.05, 4.69) is 0 Å². The van der Waals surface area contributed by atoms with Crippen LogP contribution in [0.3, 0.4) is 0 Å². The Labute approximate surface area is 128 Å². The maximum absolute atomic E-state index is 11.1. The van der Waals surface area contributed by atoms with Crippen molar-refractivity contribution in [3.8, 4) is 16.9 Å². The lowest BCUT2D eigenvalue weighted by molar-refractivity contribution is -0.132. The minimum Gasteiger partial charge on any atom is -0.478 e. The van der Waals surface area contributed by atoms with E-state index in [9.17, 15) is 9.59 Å². The zero-order valence-electron chi connectivity index (χ0n) is 12.8. The average molecular weight is 302 g/mol. The number of esters is 1. The summed E-state index contributed by atoms with van der Waals surface area (Å²) in [6.07, 6.45) is 2.76. The molecular formula is C17H18O5. The first-order chi connectivity index (χ1) is 10.4. The van der Waals surface area contributed by atoms with E-state index in [1.807, 2.05) is 13.0 Å². The van der Waals surface area contributed by atoms with Crippen molar-refractivity contribution in [2.24, 2.45) is 0 Å². The molecule has 2 rings (SSSR count). The predicted molar refractivity (Wildman–Crippen MR) is 81.9 cm³/mol. The Kier molecular flexibility index (Phi) is 4.65. The Balaban J connectivity index is 2.58. The average Bonchev–Trinajstić information content (AvgIpc) is 2.78. The van der Waals surface area contributed by atoms with E-state index in [4.69, 9.17) is 14.3 Å². The van der Waals surface area contributed by atoms with Crippen molar-refractivity contribution >= 4 is 17.5 Å². The largest absolute Gasteiger partial charge is 0.478 e. The number of allylic oxidation sites excluding steroid dienone is 1. The molecule has 0 aromatic heterocycles. The van der Waals surface area contributed by atoms with Gasteiger partial charge in [-0.1, -0.05) is 6.92 Å². The highest BCUT2D eigenvalue weighted by atomic mass is 16.5. The highest BCUT2D eigenvalue weighted by Crippen LogP contribution is 2.38. The number of aryl methyl sites for hydroxylation is 1. The molecule has 0 aromatic rings. The summed E-state index contributed by atoms with van der Waals surface area (Å²) in [6, 6.07) is 5.33. The Morgan fingerprint density at radius 3 is 2.59 bits per heavy atom. The highest BCUT2D eigenvalue weighted by Gasteiger charge is 2.18. The summed E-state index contributed by atoms with van der Waals surface area (Å²) in [5.74, 6) is 0.245. The van der Waals surface area contributed by atoms with E-state index in [0.29, 0.717) is 17.1 Å². The van der Waals surface area contributed by atoms with Gasteiger partial charge in [-0.25, -0.2) is 4.79 Å². The van der Waals surface area contributed by atoms with Gasteiger partial charge in [0.2, 0.25) is 0 Å². The number of ether oxygens (including phenoxy) is 1. The van der Waals surface area contributed by atoms with Gasteiger partial charge in [-0.15, -0.1) is 0 Å². The molecule has 0 amide bonds. The van der Waals surface area contributed by atoms with Crippen LogP contribution in [0, 0.1) is 0 Å². The molecule has 2 aliphatic rings. The van der Waals surface area contributed by atoms with Gasteiger partial charge in [0.15, 0.2) is 0 Å². The first-order valence-corrected chi connectivity index (χ1v) is 7.07. The third kappa shape index (κ3) is 3.55. The number of carbonyl (C=O) groups excluding carboxylic acids is 1. The second-order valence-electron chi connectivity index (χ2n) is 5.11. The van der Waals surface area contributed by atoms with Crippen LogP contribution in [0.4, 0.5) is 0 Å². The summed E-state index contributed by atoms with van der Waals surface area (Å²) in [6.45, 7) is 5.05. The topological polar surface area (TPSA) is 76.7 Å². The van der Waals surface area contributed by atoms with Gasteiger partial charge in [0.25, 0.3) is 0 Å². The van der Waals surface area contributed by atoms with E-state index in [0.717, 1.165) is 35.8 Å². The smallest absolute Gasteiger partial charge is 0.328 e.